The molecule has 2 amide bonds. The highest BCUT2D eigenvalue weighted by Gasteiger charge is 2.48. The molecule has 2 aliphatic rings. The van der Waals surface area contributed by atoms with E-state index in [9.17, 15) is 14.0 Å². The quantitative estimate of drug-likeness (QED) is 0.408. The van der Waals surface area contributed by atoms with Crippen molar-refractivity contribution in [2.75, 3.05) is 31.2 Å². The maximum Gasteiger partial charge on any atom is 0.258 e. The maximum absolute atomic E-state index is 15.1. The Bertz CT molecular complexity index is 1610. The lowest BCUT2D eigenvalue weighted by atomic mass is 9.96. The first-order chi connectivity index (χ1) is 19.8. The van der Waals surface area contributed by atoms with Gasteiger partial charge in [-0.3, -0.25) is 9.59 Å². The molecule has 0 radical (unpaired) electrons. The number of ether oxygens (including phenoxy) is 1. The van der Waals surface area contributed by atoms with Gasteiger partial charge in [-0.25, -0.2) is 18.7 Å². The Kier molecular flexibility index (Phi) is 5.85. The molecule has 3 aromatic rings. The Morgan fingerprint density at radius 2 is 2.05 bits per heavy atom. The third-order valence-electron chi connectivity index (χ3n) is 7.44. The zero-order valence-corrected chi connectivity index (χ0v) is 21.3. The van der Waals surface area contributed by atoms with E-state index in [1.54, 1.807) is 13.0 Å². The number of carbonyl (C=O) groups is 2. The van der Waals surface area contributed by atoms with Crippen LogP contribution in [0.25, 0.3) is 11.3 Å². The molecule has 10 heteroatoms. The summed E-state index contributed by atoms with van der Waals surface area (Å²) in [6.45, 7) is 1.54. The number of nitrogens with zero attached hydrogens (tertiary/aromatic N) is 3. The van der Waals surface area contributed by atoms with Gasteiger partial charge in [0.2, 0.25) is 5.91 Å². The molecule has 1 spiro atoms. The van der Waals surface area contributed by atoms with Gasteiger partial charge in [0, 0.05) is 22.3 Å². The van der Waals surface area contributed by atoms with Crippen LogP contribution < -0.4 is 15.8 Å². The second kappa shape index (κ2) is 10.1. The van der Waals surface area contributed by atoms with Crippen LogP contribution in [0.5, 0.6) is 5.75 Å². The van der Waals surface area contributed by atoms with E-state index in [1.165, 1.54) is 12.1 Å². The first-order valence-corrected chi connectivity index (χ1v) is 12.5. The highest BCUT2D eigenvalue weighted by Crippen LogP contribution is 2.57. The number of nitrogen functional groups attached to an aromatic ring is 1. The molecule has 39 heavy (non-hydrogen) atoms. The minimum Gasteiger partial charge on any atom is -0.486 e. The van der Waals surface area contributed by atoms with Gasteiger partial charge in [-0.05, 0) is 85.1 Å². The Hall–Kier alpha value is -4.34. The van der Waals surface area contributed by atoms with Crippen LogP contribution in [0.3, 0.4) is 0 Å². The van der Waals surface area contributed by atoms with E-state index >= 15 is 4.39 Å². The number of fused-ring (bicyclic) bond motifs is 2. The third kappa shape index (κ3) is 4.94. The molecular formula is C29H29F2N5O3. The number of aryl methyl sites for hydroxylation is 1. The molecule has 2 aliphatic carbocycles. The highest BCUT2D eigenvalue weighted by atomic mass is 19.1. The summed E-state index contributed by atoms with van der Waals surface area (Å²) >= 11 is 0. The van der Waals surface area contributed by atoms with Crippen molar-refractivity contribution in [2.24, 2.45) is 0 Å². The number of rotatable bonds is 8. The minimum absolute atomic E-state index is 0.0601. The second-order valence-corrected chi connectivity index (χ2v) is 9.83. The predicted molar refractivity (Wildman–Crippen MR) is 143 cm³/mol. The lowest BCUT2D eigenvalue weighted by molar-refractivity contribution is -0.125. The van der Waals surface area contributed by atoms with Gasteiger partial charge < -0.3 is 20.7 Å². The molecule has 1 fully saturated rings. The van der Waals surface area contributed by atoms with E-state index in [1.807, 2.05) is 0 Å². The fraction of sp³-hybridized carbons (Fsp3) is 0.310. The topological polar surface area (TPSA) is 110 Å². The summed E-state index contributed by atoms with van der Waals surface area (Å²) in [4.78, 5) is 33.9. The van der Waals surface area contributed by atoms with Crippen molar-refractivity contribution in [3.63, 3.8) is 0 Å². The summed E-state index contributed by atoms with van der Waals surface area (Å²) in [7, 11) is 0. The molecule has 0 unspecified atom stereocenters. The highest BCUT2D eigenvalue weighted by molar-refractivity contribution is 6.05. The number of anilines is 2. The van der Waals surface area contributed by atoms with Gasteiger partial charge in [0.25, 0.3) is 5.91 Å². The lowest BCUT2D eigenvalue weighted by Gasteiger charge is -2.18. The second-order valence-electron chi connectivity index (χ2n) is 9.83. The van der Waals surface area contributed by atoms with Gasteiger partial charge in [-0.2, -0.15) is 0 Å². The molecule has 2 aromatic carbocycles. The van der Waals surface area contributed by atoms with E-state index < -0.39 is 30.4 Å². The van der Waals surface area contributed by atoms with E-state index in [0.717, 1.165) is 55.3 Å². The smallest absolute Gasteiger partial charge is 0.258 e. The largest absolute Gasteiger partial charge is 0.486 e. The summed E-state index contributed by atoms with van der Waals surface area (Å²) in [5.74, 6) is -3.07. The number of nitrogens with two attached hydrogens (primary N) is 1. The van der Waals surface area contributed by atoms with Crippen LogP contribution >= 0.6 is 0 Å². The summed E-state index contributed by atoms with van der Waals surface area (Å²) in [5.41, 5.74) is 8.64. The summed E-state index contributed by atoms with van der Waals surface area (Å²) in [6, 6.07) is 5.32. The Morgan fingerprint density at radius 1 is 1.26 bits per heavy atom. The number of aromatic nitrogens is 2. The Labute approximate surface area is 229 Å². The molecule has 0 atom stereocenters. The zero-order valence-electron chi connectivity index (χ0n) is 24.3. The van der Waals surface area contributed by atoms with Gasteiger partial charge in [0.1, 0.15) is 30.3 Å². The van der Waals surface area contributed by atoms with Crippen molar-refractivity contribution in [1.29, 1.82) is 0 Å². The fourth-order valence-electron chi connectivity index (χ4n) is 5.10. The molecule has 202 valence electrons. The Morgan fingerprint density at radius 3 is 2.77 bits per heavy atom. The minimum atomic E-state index is -2.74. The van der Waals surface area contributed by atoms with E-state index in [-0.39, 0.29) is 52.6 Å². The van der Waals surface area contributed by atoms with Crippen LogP contribution in [0.4, 0.5) is 20.3 Å². The van der Waals surface area contributed by atoms with E-state index in [4.69, 9.17) is 14.6 Å². The van der Waals surface area contributed by atoms with Crippen LogP contribution in [0.2, 0.25) is 0 Å². The van der Waals surface area contributed by atoms with Crippen LogP contribution in [0.1, 0.15) is 50.4 Å². The van der Waals surface area contributed by atoms with Gasteiger partial charge in [-0.1, -0.05) is 6.58 Å². The molecule has 1 aromatic heterocycles. The van der Waals surface area contributed by atoms with Gasteiger partial charge in [-0.15, -0.1) is 0 Å². The van der Waals surface area contributed by atoms with E-state index in [0.29, 0.717) is 10.5 Å². The normalized spacial score (nSPS) is 16.0. The van der Waals surface area contributed by atoms with Crippen molar-refractivity contribution in [3.05, 3.63) is 77.1 Å². The molecule has 0 saturated heterocycles. The molecule has 0 aliphatic heterocycles. The van der Waals surface area contributed by atoms with Crippen LogP contribution in [-0.2, 0) is 16.6 Å². The predicted octanol–water partition coefficient (Wildman–Crippen LogP) is 4.57. The lowest BCUT2D eigenvalue weighted by Crippen LogP contribution is -2.29. The molecule has 3 N–H and O–H groups in total. The Balaban J connectivity index is 1.41. The fourth-order valence-corrected chi connectivity index (χ4v) is 5.10. The first kappa shape index (κ1) is 22.6. The number of hydrogen-bond donors (Lipinski definition) is 2. The van der Waals surface area contributed by atoms with Gasteiger partial charge >= 0.3 is 0 Å². The average molecular weight is 537 g/mol. The number of halogens is 2. The van der Waals surface area contributed by atoms with Crippen molar-refractivity contribution >= 4 is 23.3 Å². The SMILES string of the molecule is [2H]C([2H])([2H])N(CCOc1c(N)ncnc1-c1cc(F)cc(NC(=O)c2cc3c(cc2F)C2(CC3)CC2)c1C)C(=O)C=C. The third-order valence-corrected chi connectivity index (χ3v) is 7.44. The van der Waals surface area contributed by atoms with Crippen LogP contribution in [0, 0.1) is 18.6 Å². The molecule has 1 heterocycles. The number of benzene rings is 2. The number of amides is 2. The summed E-state index contributed by atoms with van der Waals surface area (Å²) in [6.07, 6.45) is 5.80. The number of hydrogen-bond acceptors (Lipinski definition) is 6. The van der Waals surface area contributed by atoms with Crippen molar-refractivity contribution in [2.45, 2.75) is 38.0 Å². The zero-order chi connectivity index (χ0) is 30.4. The van der Waals surface area contributed by atoms with E-state index in [2.05, 4.69) is 21.9 Å². The standard InChI is InChI=1S/C29H29F2N5O3/c1-4-24(37)36(3)9-10-39-26-25(33-15-34-27(26)32)19-12-18(30)13-23(16(19)2)35-28(38)20-11-17-5-6-29(7-8-29)21(17)14-22(20)31/h4,11-15H,1,5-10H2,2-3H3,(H,35,38)(H2,32,33,34)/i3D3. The number of likely N-dealkylation sites (N-methyl/N-ethyl adjacent to an activating group) is 1. The molecule has 1 saturated carbocycles. The molecule has 5 rings (SSSR count). The summed E-state index contributed by atoms with van der Waals surface area (Å²) in [5, 5.41) is 2.62. The van der Waals surface area contributed by atoms with Crippen molar-refractivity contribution < 1.29 is 27.2 Å². The van der Waals surface area contributed by atoms with Crippen LogP contribution in [0.15, 0.2) is 43.2 Å². The van der Waals surface area contributed by atoms with Crippen LogP contribution in [-0.4, -0.2) is 46.8 Å². The number of carbonyl (C=O) groups excluding carboxylic acids is 2. The molecular weight excluding hydrogens is 504 g/mol. The molecule has 0 bridgehead atoms. The maximum atomic E-state index is 15.1. The van der Waals surface area contributed by atoms with Gasteiger partial charge in [0.15, 0.2) is 11.6 Å². The molecule has 8 nitrogen and oxygen atoms in total. The van der Waals surface area contributed by atoms with Crippen molar-refractivity contribution in [1.82, 2.24) is 14.9 Å². The first-order valence-electron chi connectivity index (χ1n) is 14.0. The van der Waals surface area contributed by atoms with Gasteiger partial charge in [0.05, 0.1) is 12.1 Å². The number of nitrogens with one attached hydrogen (secondary N) is 1. The van der Waals surface area contributed by atoms with Crippen molar-refractivity contribution in [3.8, 4) is 17.0 Å². The summed E-state index contributed by atoms with van der Waals surface area (Å²) < 4.78 is 58.4. The average Bonchev–Trinajstić information content (AvgIpc) is 3.64. The monoisotopic (exact) mass is 536 g/mol.